The summed E-state index contributed by atoms with van der Waals surface area (Å²) in [4.78, 5) is 0. The van der Waals surface area contributed by atoms with Gasteiger partial charge in [0.2, 0.25) is 0 Å². The molecule has 0 radical (unpaired) electrons. The monoisotopic (exact) mass is 197 g/mol. The van der Waals surface area contributed by atoms with Crippen LogP contribution in [0.15, 0.2) is 0 Å². The Bertz CT molecular complexity index is 179. The van der Waals surface area contributed by atoms with Crippen LogP contribution in [0.4, 0.5) is 0 Å². The van der Waals surface area contributed by atoms with Crippen molar-refractivity contribution in [3.05, 3.63) is 0 Å². The number of hydrogen-bond acceptors (Lipinski definition) is 1. The highest BCUT2D eigenvalue weighted by molar-refractivity contribution is 5.18. The van der Waals surface area contributed by atoms with E-state index >= 15 is 0 Å². The minimum absolute atomic E-state index is 0.480. The van der Waals surface area contributed by atoms with Crippen LogP contribution in [0, 0.1) is 10.8 Å². The van der Waals surface area contributed by atoms with Crippen LogP contribution in [0.3, 0.4) is 0 Å². The molecule has 0 bridgehead atoms. The fraction of sp³-hybridized carbons (Fsp3) is 1.00. The summed E-state index contributed by atoms with van der Waals surface area (Å²) in [5, 5.41) is 3.82. The summed E-state index contributed by atoms with van der Waals surface area (Å²) in [6.45, 7) is 14.1. The van der Waals surface area contributed by atoms with Crippen molar-refractivity contribution >= 4 is 0 Å². The topological polar surface area (TPSA) is 12.0 Å². The summed E-state index contributed by atoms with van der Waals surface area (Å²) in [5.74, 6) is 0. The van der Waals surface area contributed by atoms with Crippen molar-refractivity contribution in [1.29, 1.82) is 0 Å². The van der Waals surface area contributed by atoms with Crippen molar-refractivity contribution in [3.8, 4) is 0 Å². The van der Waals surface area contributed by atoms with Crippen LogP contribution in [0.25, 0.3) is 0 Å². The Kier molecular flexibility index (Phi) is 3.30. The SMILES string of the molecule is CCCC(CC)NC1C(C)(C)C1(C)C. The van der Waals surface area contributed by atoms with Crippen molar-refractivity contribution in [2.24, 2.45) is 10.8 Å². The van der Waals surface area contributed by atoms with E-state index in [0.29, 0.717) is 16.9 Å². The molecular formula is C13H27N. The van der Waals surface area contributed by atoms with E-state index in [1.807, 2.05) is 0 Å². The van der Waals surface area contributed by atoms with E-state index in [9.17, 15) is 0 Å². The lowest BCUT2D eigenvalue weighted by atomic mass is 10.0. The van der Waals surface area contributed by atoms with Gasteiger partial charge in [-0.1, -0.05) is 48.0 Å². The van der Waals surface area contributed by atoms with Gasteiger partial charge in [0.1, 0.15) is 0 Å². The van der Waals surface area contributed by atoms with Crippen LogP contribution in [-0.2, 0) is 0 Å². The zero-order chi connectivity index (χ0) is 11.0. The lowest BCUT2D eigenvalue weighted by Crippen LogP contribution is -2.33. The van der Waals surface area contributed by atoms with Crippen molar-refractivity contribution in [2.45, 2.75) is 72.9 Å². The average molecular weight is 197 g/mol. The first kappa shape index (κ1) is 12.0. The minimum atomic E-state index is 0.480. The second-order valence-corrected chi connectivity index (χ2v) is 5.94. The van der Waals surface area contributed by atoms with Crippen LogP contribution in [-0.4, -0.2) is 12.1 Å². The highest BCUT2D eigenvalue weighted by Gasteiger charge is 2.64. The van der Waals surface area contributed by atoms with E-state index in [-0.39, 0.29) is 0 Å². The van der Waals surface area contributed by atoms with Gasteiger partial charge in [-0.05, 0) is 23.7 Å². The summed E-state index contributed by atoms with van der Waals surface area (Å²) >= 11 is 0. The maximum absolute atomic E-state index is 3.82. The van der Waals surface area contributed by atoms with Gasteiger partial charge in [0.25, 0.3) is 0 Å². The van der Waals surface area contributed by atoms with Crippen molar-refractivity contribution in [3.63, 3.8) is 0 Å². The third kappa shape index (κ3) is 1.84. The smallest absolute Gasteiger partial charge is 0.0183 e. The van der Waals surface area contributed by atoms with Crippen LogP contribution in [0.1, 0.15) is 60.8 Å². The number of rotatable bonds is 5. The standard InChI is InChI=1S/C13H27N/c1-7-9-10(8-2)14-11-12(3,4)13(11,5)6/h10-11,14H,7-9H2,1-6H3. The predicted molar refractivity (Wildman–Crippen MR) is 63.5 cm³/mol. The second kappa shape index (κ2) is 3.84. The summed E-state index contributed by atoms with van der Waals surface area (Å²) in [6.07, 6.45) is 3.87. The summed E-state index contributed by atoms with van der Waals surface area (Å²) in [6, 6.07) is 1.44. The predicted octanol–water partition coefficient (Wildman–Crippen LogP) is 3.59. The molecule has 1 rings (SSSR count). The maximum Gasteiger partial charge on any atom is 0.0183 e. The molecule has 0 aromatic carbocycles. The molecule has 0 amide bonds. The molecule has 0 aromatic heterocycles. The van der Waals surface area contributed by atoms with Crippen molar-refractivity contribution < 1.29 is 0 Å². The lowest BCUT2D eigenvalue weighted by Gasteiger charge is -2.17. The zero-order valence-corrected chi connectivity index (χ0v) is 10.8. The van der Waals surface area contributed by atoms with E-state index in [2.05, 4.69) is 46.9 Å². The fourth-order valence-corrected chi connectivity index (χ4v) is 2.60. The summed E-state index contributed by atoms with van der Waals surface area (Å²) in [5.41, 5.74) is 0.961. The Balaban J connectivity index is 2.46. The van der Waals surface area contributed by atoms with Gasteiger partial charge in [0.15, 0.2) is 0 Å². The van der Waals surface area contributed by atoms with Gasteiger partial charge in [-0.3, -0.25) is 0 Å². The first-order chi connectivity index (χ1) is 6.37. The maximum atomic E-state index is 3.82. The summed E-state index contributed by atoms with van der Waals surface area (Å²) < 4.78 is 0. The molecule has 0 aromatic rings. The Hall–Kier alpha value is -0.0400. The second-order valence-electron chi connectivity index (χ2n) is 5.94. The molecule has 0 aliphatic heterocycles. The molecule has 1 fully saturated rings. The first-order valence-electron chi connectivity index (χ1n) is 6.14. The highest BCUT2D eigenvalue weighted by Crippen LogP contribution is 2.62. The van der Waals surface area contributed by atoms with Crippen LogP contribution in [0.5, 0.6) is 0 Å². The van der Waals surface area contributed by atoms with Gasteiger partial charge in [-0.15, -0.1) is 0 Å². The normalized spacial score (nSPS) is 26.1. The van der Waals surface area contributed by atoms with Gasteiger partial charge in [0.05, 0.1) is 0 Å². The van der Waals surface area contributed by atoms with Gasteiger partial charge >= 0.3 is 0 Å². The third-order valence-corrected chi connectivity index (χ3v) is 4.55. The molecule has 0 saturated heterocycles. The van der Waals surface area contributed by atoms with Crippen LogP contribution in [0.2, 0.25) is 0 Å². The highest BCUT2D eigenvalue weighted by atomic mass is 15.1. The fourth-order valence-electron chi connectivity index (χ4n) is 2.60. The quantitative estimate of drug-likeness (QED) is 0.710. The molecule has 0 spiro atoms. The van der Waals surface area contributed by atoms with Gasteiger partial charge in [0, 0.05) is 12.1 Å². The number of nitrogens with one attached hydrogen (secondary N) is 1. The molecular weight excluding hydrogens is 170 g/mol. The molecule has 1 unspecified atom stereocenters. The Morgan fingerprint density at radius 1 is 1.07 bits per heavy atom. The molecule has 1 aliphatic carbocycles. The molecule has 1 nitrogen and oxygen atoms in total. The van der Waals surface area contributed by atoms with Gasteiger partial charge in [-0.25, -0.2) is 0 Å². The average Bonchev–Trinajstić information content (AvgIpc) is 2.46. The van der Waals surface area contributed by atoms with Gasteiger partial charge < -0.3 is 5.32 Å². The summed E-state index contributed by atoms with van der Waals surface area (Å²) in [7, 11) is 0. The zero-order valence-electron chi connectivity index (χ0n) is 10.8. The molecule has 1 atom stereocenters. The molecule has 1 saturated carbocycles. The minimum Gasteiger partial charge on any atom is -0.310 e. The Labute approximate surface area is 89.7 Å². The Morgan fingerprint density at radius 2 is 1.57 bits per heavy atom. The molecule has 1 aliphatic rings. The molecule has 0 heterocycles. The van der Waals surface area contributed by atoms with Gasteiger partial charge in [-0.2, -0.15) is 0 Å². The first-order valence-corrected chi connectivity index (χ1v) is 6.14. The van der Waals surface area contributed by atoms with E-state index in [1.54, 1.807) is 0 Å². The lowest BCUT2D eigenvalue weighted by molar-refractivity contribution is 0.423. The van der Waals surface area contributed by atoms with E-state index < -0.39 is 0 Å². The molecule has 1 heteroatoms. The van der Waals surface area contributed by atoms with E-state index in [1.165, 1.54) is 19.3 Å². The van der Waals surface area contributed by atoms with E-state index in [0.717, 1.165) is 6.04 Å². The van der Waals surface area contributed by atoms with Crippen molar-refractivity contribution in [1.82, 2.24) is 5.32 Å². The van der Waals surface area contributed by atoms with Crippen LogP contribution < -0.4 is 5.32 Å². The molecule has 1 N–H and O–H groups in total. The van der Waals surface area contributed by atoms with Crippen molar-refractivity contribution in [2.75, 3.05) is 0 Å². The third-order valence-electron chi connectivity index (χ3n) is 4.55. The van der Waals surface area contributed by atoms with Crippen LogP contribution >= 0.6 is 0 Å². The number of hydrogen-bond donors (Lipinski definition) is 1. The molecule has 84 valence electrons. The molecule has 14 heavy (non-hydrogen) atoms. The Morgan fingerprint density at radius 3 is 1.86 bits per heavy atom. The van der Waals surface area contributed by atoms with E-state index in [4.69, 9.17) is 0 Å². The largest absolute Gasteiger partial charge is 0.310 e.